The largest absolute Gasteiger partial charge is 0.382 e. The van der Waals surface area contributed by atoms with Crippen molar-refractivity contribution in [2.45, 2.75) is 32.4 Å². The van der Waals surface area contributed by atoms with Gasteiger partial charge in [0, 0.05) is 57.8 Å². The van der Waals surface area contributed by atoms with Gasteiger partial charge in [-0.25, -0.2) is 4.98 Å². The van der Waals surface area contributed by atoms with Gasteiger partial charge in [0.25, 0.3) is 0 Å². The quantitative estimate of drug-likeness (QED) is 0.782. The summed E-state index contributed by atoms with van der Waals surface area (Å²) in [7, 11) is 0. The number of nitrogens with one attached hydrogen (secondary N) is 1. The lowest BCUT2D eigenvalue weighted by molar-refractivity contribution is 0.141. The molecule has 0 bridgehead atoms. The predicted molar refractivity (Wildman–Crippen MR) is 75.4 cm³/mol. The van der Waals surface area contributed by atoms with E-state index >= 15 is 0 Å². The van der Waals surface area contributed by atoms with Crippen LogP contribution in [0.25, 0.3) is 0 Å². The second kappa shape index (κ2) is 5.92. The van der Waals surface area contributed by atoms with Gasteiger partial charge in [-0.3, -0.25) is 0 Å². The summed E-state index contributed by atoms with van der Waals surface area (Å²) in [5.74, 6) is 1.96. The van der Waals surface area contributed by atoms with Gasteiger partial charge >= 0.3 is 0 Å². The van der Waals surface area contributed by atoms with Crippen molar-refractivity contribution in [1.82, 2.24) is 14.9 Å². The number of hydrogen-bond acceptors (Lipinski definition) is 4. The molecule has 0 radical (unpaired) electrons. The number of nitrogens with zero attached hydrogens (tertiary/aromatic N) is 3. The lowest BCUT2D eigenvalue weighted by Gasteiger charge is -2.25. The molecule has 3 rings (SSSR count). The molecule has 0 aliphatic carbocycles. The first-order chi connectivity index (χ1) is 9.40. The number of aryl methyl sites for hydroxylation is 1. The van der Waals surface area contributed by atoms with Crippen molar-refractivity contribution in [3.63, 3.8) is 0 Å². The van der Waals surface area contributed by atoms with E-state index < -0.39 is 0 Å². The first-order valence-corrected chi connectivity index (χ1v) is 7.46. The maximum absolute atomic E-state index is 5.41. The third-order valence-electron chi connectivity index (χ3n) is 4.29. The molecule has 1 aromatic heterocycles. The van der Waals surface area contributed by atoms with E-state index in [9.17, 15) is 0 Å². The van der Waals surface area contributed by atoms with Crippen molar-refractivity contribution < 1.29 is 4.74 Å². The molecule has 2 aliphatic heterocycles. The molecule has 2 aliphatic rings. The van der Waals surface area contributed by atoms with Crippen LogP contribution >= 0.6 is 0 Å². The molecular formula is C14H24N4O. The molecule has 106 valence electrons. The molecule has 0 spiro atoms. The van der Waals surface area contributed by atoms with Crippen LogP contribution < -0.4 is 10.2 Å². The normalized spacial score (nSPS) is 26.1. The third kappa shape index (κ3) is 2.62. The summed E-state index contributed by atoms with van der Waals surface area (Å²) >= 11 is 0. The molecule has 0 aromatic carbocycles. The fraction of sp³-hybridized carbons (Fsp3) is 0.786. The summed E-state index contributed by atoms with van der Waals surface area (Å²) in [4.78, 5) is 7.07. The van der Waals surface area contributed by atoms with Crippen LogP contribution in [0, 0.1) is 5.92 Å². The molecule has 0 unspecified atom stereocenters. The lowest BCUT2D eigenvalue weighted by Crippen LogP contribution is -2.36. The molecule has 5 nitrogen and oxygen atoms in total. The Labute approximate surface area is 114 Å². The van der Waals surface area contributed by atoms with Gasteiger partial charge in [0.2, 0.25) is 5.95 Å². The number of aromatic nitrogens is 2. The number of imidazole rings is 1. The number of anilines is 1. The minimum atomic E-state index is 0.646. The average Bonchev–Trinajstić information content (AvgIpc) is 3.10. The fourth-order valence-corrected chi connectivity index (χ4v) is 3.31. The Balaban J connectivity index is 1.63. The minimum absolute atomic E-state index is 0.646. The summed E-state index contributed by atoms with van der Waals surface area (Å²) in [6.45, 7) is 8.11. The van der Waals surface area contributed by atoms with Crippen molar-refractivity contribution in [2.75, 3.05) is 37.7 Å². The average molecular weight is 264 g/mol. The molecule has 3 heterocycles. The van der Waals surface area contributed by atoms with Crippen molar-refractivity contribution >= 4 is 5.95 Å². The molecule has 0 saturated carbocycles. The Morgan fingerprint density at radius 1 is 1.47 bits per heavy atom. The van der Waals surface area contributed by atoms with E-state index in [1.807, 2.05) is 13.1 Å². The topological polar surface area (TPSA) is 42.3 Å². The van der Waals surface area contributed by atoms with E-state index in [-0.39, 0.29) is 0 Å². The molecule has 2 saturated heterocycles. The maximum Gasteiger partial charge on any atom is 0.205 e. The Bertz CT molecular complexity index is 406. The van der Waals surface area contributed by atoms with Crippen LogP contribution in [0.2, 0.25) is 0 Å². The van der Waals surface area contributed by atoms with Gasteiger partial charge in [-0.15, -0.1) is 0 Å². The first kappa shape index (κ1) is 12.9. The highest BCUT2D eigenvalue weighted by molar-refractivity contribution is 5.36. The highest BCUT2D eigenvalue weighted by Gasteiger charge is 2.38. The molecule has 0 amide bonds. The number of fused-ring (bicyclic) bond motifs is 1. The first-order valence-electron chi connectivity index (χ1n) is 7.46. The third-order valence-corrected chi connectivity index (χ3v) is 4.29. The highest BCUT2D eigenvalue weighted by atomic mass is 16.5. The minimum Gasteiger partial charge on any atom is -0.382 e. The van der Waals surface area contributed by atoms with Gasteiger partial charge in [-0.2, -0.15) is 0 Å². The summed E-state index contributed by atoms with van der Waals surface area (Å²) in [6, 6.07) is 0.646. The van der Waals surface area contributed by atoms with E-state index in [1.165, 1.54) is 13.0 Å². The van der Waals surface area contributed by atoms with Gasteiger partial charge < -0.3 is 19.5 Å². The van der Waals surface area contributed by atoms with Crippen molar-refractivity contribution in [2.24, 2.45) is 5.92 Å². The Hall–Kier alpha value is -1.07. The maximum atomic E-state index is 5.41. The van der Waals surface area contributed by atoms with E-state index in [4.69, 9.17) is 4.74 Å². The van der Waals surface area contributed by atoms with E-state index in [1.54, 1.807) is 0 Å². The second-order valence-corrected chi connectivity index (χ2v) is 5.44. The standard InChI is InChI=1S/C14H24N4O/c1-2-19-9-3-6-17-8-5-16-14(17)18-7-4-12-10-15-11-13(12)18/h5,8,12-13,15H,2-4,6-7,9-11H2,1H3/t12-,13+/m0/s1. The van der Waals surface area contributed by atoms with Crippen molar-refractivity contribution in [1.29, 1.82) is 0 Å². The van der Waals surface area contributed by atoms with Crippen LogP contribution in [-0.4, -0.2) is 48.4 Å². The summed E-state index contributed by atoms with van der Waals surface area (Å²) < 4.78 is 7.69. The zero-order valence-corrected chi connectivity index (χ0v) is 11.7. The smallest absolute Gasteiger partial charge is 0.205 e. The Kier molecular flexibility index (Phi) is 4.03. The van der Waals surface area contributed by atoms with Gasteiger partial charge in [0.05, 0.1) is 0 Å². The van der Waals surface area contributed by atoms with E-state index in [0.717, 1.165) is 51.1 Å². The number of hydrogen-bond donors (Lipinski definition) is 1. The fourth-order valence-electron chi connectivity index (χ4n) is 3.31. The van der Waals surface area contributed by atoms with Gasteiger partial charge in [-0.05, 0) is 25.7 Å². The van der Waals surface area contributed by atoms with Crippen LogP contribution in [-0.2, 0) is 11.3 Å². The summed E-state index contributed by atoms with van der Waals surface area (Å²) in [5.41, 5.74) is 0. The molecule has 5 heteroatoms. The molecule has 2 fully saturated rings. The summed E-state index contributed by atoms with van der Waals surface area (Å²) in [5, 5.41) is 3.50. The van der Waals surface area contributed by atoms with Gasteiger partial charge in [0.15, 0.2) is 0 Å². The van der Waals surface area contributed by atoms with Crippen LogP contribution in [0.15, 0.2) is 12.4 Å². The number of rotatable bonds is 6. The zero-order chi connectivity index (χ0) is 13.1. The van der Waals surface area contributed by atoms with Crippen LogP contribution in [0.3, 0.4) is 0 Å². The Morgan fingerprint density at radius 2 is 2.42 bits per heavy atom. The van der Waals surface area contributed by atoms with Crippen LogP contribution in [0.1, 0.15) is 19.8 Å². The van der Waals surface area contributed by atoms with E-state index in [2.05, 4.69) is 26.0 Å². The monoisotopic (exact) mass is 264 g/mol. The molecule has 1 N–H and O–H groups in total. The second-order valence-electron chi connectivity index (χ2n) is 5.44. The highest BCUT2D eigenvalue weighted by Crippen LogP contribution is 2.30. The van der Waals surface area contributed by atoms with Crippen molar-refractivity contribution in [3.8, 4) is 0 Å². The summed E-state index contributed by atoms with van der Waals surface area (Å²) in [6.07, 6.45) is 6.36. The van der Waals surface area contributed by atoms with Gasteiger partial charge in [0.1, 0.15) is 0 Å². The number of ether oxygens (including phenoxy) is 1. The lowest BCUT2D eigenvalue weighted by atomic mass is 10.1. The van der Waals surface area contributed by atoms with Crippen LogP contribution in [0.4, 0.5) is 5.95 Å². The van der Waals surface area contributed by atoms with Crippen LogP contribution in [0.5, 0.6) is 0 Å². The molecule has 19 heavy (non-hydrogen) atoms. The zero-order valence-electron chi connectivity index (χ0n) is 11.7. The molecule has 1 aromatic rings. The van der Waals surface area contributed by atoms with E-state index in [0.29, 0.717) is 6.04 Å². The van der Waals surface area contributed by atoms with Crippen molar-refractivity contribution in [3.05, 3.63) is 12.4 Å². The SMILES string of the molecule is CCOCCCn1ccnc1N1CC[C@H]2CNC[C@H]21. The van der Waals surface area contributed by atoms with Gasteiger partial charge in [-0.1, -0.05) is 0 Å². The Morgan fingerprint density at radius 3 is 3.32 bits per heavy atom. The molecular weight excluding hydrogens is 240 g/mol. The molecule has 2 atom stereocenters. The predicted octanol–water partition coefficient (Wildman–Crippen LogP) is 1.11.